The summed E-state index contributed by atoms with van der Waals surface area (Å²) in [5, 5.41) is 14.9. The summed E-state index contributed by atoms with van der Waals surface area (Å²) in [6, 6.07) is 20.7. The molecule has 15 heteroatoms. The number of benzene rings is 3. The topological polar surface area (TPSA) is 183 Å². The summed E-state index contributed by atoms with van der Waals surface area (Å²) in [6.07, 6.45) is -0.441. The normalized spacial score (nSPS) is 12.2. The van der Waals surface area contributed by atoms with Gasteiger partial charge in [0.25, 0.3) is 5.95 Å². The molecule has 0 aliphatic heterocycles. The zero-order valence-electron chi connectivity index (χ0n) is 25.3. The molecule has 0 aliphatic carbocycles. The Labute approximate surface area is 273 Å². The quantitative estimate of drug-likeness (QED) is 0.178. The van der Waals surface area contributed by atoms with E-state index >= 15 is 0 Å². The van der Waals surface area contributed by atoms with E-state index in [-0.39, 0.29) is 45.6 Å². The lowest BCUT2D eigenvalue weighted by molar-refractivity contribution is 0.199. The first kappa shape index (κ1) is 32.0. The predicted octanol–water partition coefficient (Wildman–Crippen LogP) is 5.46. The van der Waals surface area contributed by atoms with Gasteiger partial charge in [-0.15, -0.1) is 0 Å². The van der Waals surface area contributed by atoms with Crippen LogP contribution in [0, 0.1) is 11.6 Å². The summed E-state index contributed by atoms with van der Waals surface area (Å²) in [6.45, 7) is 1.55. The van der Waals surface area contributed by atoms with E-state index < -0.39 is 39.4 Å². The maximum absolute atomic E-state index is 14.5. The highest BCUT2D eigenvalue weighted by atomic mass is 32.2. The van der Waals surface area contributed by atoms with Gasteiger partial charge in [0.1, 0.15) is 22.8 Å². The molecule has 12 nitrogen and oxygen atoms in total. The number of halogens is 2. The highest BCUT2D eigenvalue weighted by molar-refractivity contribution is 7.90. The minimum atomic E-state index is -3.78. The molecular formula is C33H28F2N8O4S. The Morgan fingerprint density at radius 3 is 2.23 bits per heavy atom. The van der Waals surface area contributed by atoms with Crippen molar-refractivity contribution in [1.82, 2.24) is 24.7 Å². The van der Waals surface area contributed by atoms with Crippen molar-refractivity contribution >= 4 is 44.3 Å². The van der Waals surface area contributed by atoms with Gasteiger partial charge in [0.2, 0.25) is 0 Å². The molecule has 0 bridgehead atoms. The number of nitrogens with zero attached hydrogens (tertiary/aromatic N) is 6. The van der Waals surface area contributed by atoms with Gasteiger partial charge < -0.3 is 16.6 Å². The number of hydrogen-bond acceptors (Lipinski definition) is 9. The summed E-state index contributed by atoms with van der Waals surface area (Å²) in [7, 11) is -3.78. The number of amides is 1. The zero-order chi connectivity index (χ0) is 34.2. The number of aromatic nitrogens is 5. The minimum absolute atomic E-state index is 0.0154. The number of nitrogen functional groups attached to an aromatic ring is 2. The third-order valence-corrected chi connectivity index (χ3v) is 9.46. The molecule has 1 unspecified atom stereocenters. The van der Waals surface area contributed by atoms with Gasteiger partial charge in [0, 0.05) is 12.5 Å². The van der Waals surface area contributed by atoms with Crippen molar-refractivity contribution in [2.75, 3.05) is 16.4 Å². The van der Waals surface area contributed by atoms with Gasteiger partial charge >= 0.3 is 6.09 Å². The van der Waals surface area contributed by atoms with E-state index in [1.807, 2.05) is 0 Å². The number of sulfone groups is 1. The van der Waals surface area contributed by atoms with Crippen molar-refractivity contribution < 1.29 is 27.1 Å². The Balaban J connectivity index is 1.40. The summed E-state index contributed by atoms with van der Waals surface area (Å²) in [4.78, 5) is 26.4. The summed E-state index contributed by atoms with van der Waals surface area (Å²) in [5.41, 5.74) is 14.2. The van der Waals surface area contributed by atoms with Crippen molar-refractivity contribution in [2.45, 2.75) is 30.0 Å². The van der Waals surface area contributed by atoms with Crippen molar-refractivity contribution in [2.24, 2.45) is 0 Å². The molecule has 1 amide bonds. The van der Waals surface area contributed by atoms with Crippen LogP contribution in [0.15, 0.2) is 96.0 Å². The molecular weight excluding hydrogens is 642 g/mol. The molecule has 0 fully saturated rings. The summed E-state index contributed by atoms with van der Waals surface area (Å²) < 4.78 is 56.4. The first-order valence-electron chi connectivity index (χ1n) is 14.5. The lowest BCUT2D eigenvalue weighted by atomic mass is 10.0. The number of fused-ring (bicyclic) bond motifs is 1. The van der Waals surface area contributed by atoms with Crippen LogP contribution in [0.3, 0.4) is 0 Å². The maximum Gasteiger partial charge on any atom is 0.412 e. The molecule has 3 aromatic heterocycles. The largest absolute Gasteiger partial charge is 0.465 e. The van der Waals surface area contributed by atoms with Crippen LogP contribution < -0.4 is 16.4 Å². The molecule has 3 heterocycles. The van der Waals surface area contributed by atoms with E-state index in [0.29, 0.717) is 22.4 Å². The van der Waals surface area contributed by atoms with E-state index in [4.69, 9.17) is 11.5 Å². The van der Waals surface area contributed by atoms with Crippen molar-refractivity contribution in [3.05, 3.63) is 125 Å². The number of hydrogen-bond donors (Lipinski definition) is 3. The fourth-order valence-corrected chi connectivity index (χ4v) is 6.94. The van der Waals surface area contributed by atoms with Crippen LogP contribution in [0.25, 0.3) is 17.0 Å². The highest BCUT2D eigenvalue weighted by Crippen LogP contribution is 2.37. The van der Waals surface area contributed by atoms with Crippen LogP contribution in [0.4, 0.5) is 30.9 Å². The predicted molar refractivity (Wildman–Crippen MR) is 175 cm³/mol. The second kappa shape index (κ2) is 12.7. The Bertz CT molecular complexity index is 2260. The van der Waals surface area contributed by atoms with Crippen molar-refractivity contribution in [3.8, 4) is 5.95 Å². The zero-order valence-corrected chi connectivity index (χ0v) is 26.1. The molecule has 0 spiro atoms. The number of carboxylic acid groups (broad SMARTS) is 1. The Morgan fingerprint density at radius 2 is 1.56 bits per heavy atom. The van der Waals surface area contributed by atoms with Gasteiger partial charge in [-0.1, -0.05) is 60.7 Å². The summed E-state index contributed by atoms with van der Waals surface area (Å²) >= 11 is 0. The molecule has 1 atom stereocenters. The molecule has 244 valence electrons. The second-order valence-corrected chi connectivity index (χ2v) is 12.9. The number of carbonyl (C=O) groups is 1. The Kier molecular flexibility index (Phi) is 8.45. The van der Waals surface area contributed by atoms with Gasteiger partial charge in [-0.3, -0.25) is 4.90 Å². The van der Waals surface area contributed by atoms with Crippen LogP contribution in [0.2, 0.25) is 0 Å². The first-order chi connectivity index (χ1) is 22.9. The molecule has 6 aromatic rings. The van der Waals surface area contributed by atoms with Crippen LogP contribution in [-0.4, -0.2) is 44.3 Å². The molecule has 0 saturated carbocycles. The van der Waals surface area contributed by atoms with Crippen molar-refractivity contribution in [3.63, 3.8) is 0 Å². The van der Waals surface area contributed by atoms with Crippen LogP contribution in [-0.2, 0) is 22.0 Å². The van der Waals surface area contributed by atoms with Gasteiger partial charge in [0.15, 0.2) is 21.5 Å². The van der Waals surface area contributed by atoms with E-state index in [1.54, 1.807) is 67.6 Å². The molecule has 0 saturated heterocycles. The molecule has 48 heavy (non-hydrogen) atoms. The van der Waals surface area contributed by atoms with Crippen molar-refractivity contribution in [1.29, 1.82) is 0 Å². The smallest absolute Gasteiger partial charge is 0.412 e. The van der Waals surface area contributed by atoms with E-state index in [1.165, 1.54) is 18.2 Å². The minimum Gasteiger partial charge on any atom is -0.465 e. The van der Waals surface area contributed by atoms with Crippen LogP contribution in [0.5, 0.6) is 0 Å². The average Bonchev–Trinajstić information content (AvgIpc) is 3.41. The number of pyridine rings is 1. The number of anilines is 3. The average molecular weight is 671 g/mol. The summed E-state index contributed by atoms with van der Waals surface area (Å²) in [5.74, 6) is -2.43. The molecule has 6 rings (SSSR count). The Hall–Kier alpha value is -5.96. The van der Waals surface area contributed by atoms with E-state index in [2.05, 4.69) is 20.1 Å². The standard InChI is InChI=1S/C33H28F2N8O4S/c1-19(24-13-7-5-10-21(24)18-48(46,47)23-11-3-2-4-12-23)42(33(44)45)29-30(36)39-32(40-31(29)37)43-27-16-22(34)17-38-28(27)26(41-43)15-20-9-6-8-14-25(20)35/h2-14,16-17,19H,15,18H2,1H3,(H,44,45)(H4,36,37,39,40). The van der Waals surface area contributed by atoms with Gasteiger partial charge in [0.05, 0.1) is 34.1 Å². The van der Waals surface area contributed by atoms with Crippen LogP contribution >= 0.6 is 0 Å². The van der Waals surface area contributed by atoms with Gasteiger partial charge in [-0.05, 0) is 41.8 Å². The molecule has 0 radical (unpaired) electrons. The third kappa shape index (κ3) is 6.10. The third-order valence-electron chi connectivity index (χ3n) is 7.78. The van der Waals surface area contributed by atoms with E-state index in [9.17, 15) is 27.1 Å². The van der Waals surface area contributed by atoms with Gasteiger partial charge in [-0.25, -0.2) is 27.0 Å². The second-order valence-electron chi connectivity index (χ2n) is 10.9. The van der Waals surface area contributed by atoms with Crippen LogP contribution in [0.1, 0.15) is 35.3 Å². The van der Waals surface area contributed by atoms with Gasteiger partial charge in [-0.2, -0.15) is 19.7 Å². The fourth-order valence-electron chi connectivity index (χ4n) is 5.53. The Morgan fingerprint density at radius 1 is 0.938 bits per heavy atom. The first-order valence-corrected chi connectivity index (χ1v) is 16.2. The maximum atomic E-state index is 14.5. The molecule has 5 N–H and O–H groups in total. The molecule has 0 aliphatic rings. The lowest BCUT2D eigenvalue weighted by Gasteiger charge is -2.29. The lowest BCUT2D eigenvalue weighted by Crippen LogP contribution is -2.34. The number of rotatable bonds is 9. The molecule has 3 aromatic carbocycles. The van der Waals surface area contributed by atoms with E-state index in [0.717, 1.165) is 21.8 Å². The fraction of sp³-hybridized carbons (Fsp3) is 0.121. The SMILES string of the molecule is CC(c1ccccc1CS(=O)(=O)c1ccccc1)N(C(=O)O)c1c(N)nc(-n2nc(Cc3ccccc3F)c3ncc(F)cc32)nc1N. The monoisotopic (exact) mass is 670 g/mol. The highest BCUT2D eigenvalue weighted by Gasteiger charge is 2.31. The number of nitrogens with two attached hydrogens (primary N) is 2.